The third kappa shape index (κ3) is 18.1. The lowest BCUT2D eigenvalue weighted by Gasteiger charge is -2.50. The maximum Gasteiger partial charge on any atom is 0.397 e. The molecule has 43 nitrogen and oxygen atoms in total. The van der Waals surface area contributed by atoms with Crippen LogP contribution >= 0.6 is 0 Å². The van der Waals surface area contributed by atoms with Gasteiger partial charge in [0.15, 0.2) is 74.4 Å². The summed E-state index contributed by atoms with van der Waals surface area (Å²) in [4.78, 5) is 38.4. The van der Waals surface area contributed by atoms with E-state index in [-0.39, 0.29) is 0 Å². The van der Waals surface area contributed by atoms with Crippen molar-refractivity contribution in [3.05, 3.63) is 35.9 Å². The molecule has 6 aliphatic rings. The van der Waals surface area contributed by atoms with E-state index < -0.39 is 266 Å². The highest BCUT2D eigenvalue weighted by molar-refractivity contribution is 7.81. The highest BCUT2D eigenvalue weighted by atomic mass is 32.3. The van der Waals surface area contributed by atoms with Crippen LogP contribution in [0.1, 0.15) is 19.4 Å². The number of nitrogens with two attached hydrogens (primary N) is 3. The van der Waals surface area contributed by atoms with Gasteiger partial charge in [-0.1, -0.05) is 30.3 Å². The van der Waals surface area contributed by atoms with Crippen LogP contribution in [0.3, 0.4) is 0 Å². The standard InChI is InChI=1S/C46H71N3O40S3/c1-12(2)75-44-32(87-90(65,66)67)23(56)29(35(84-44)38(59)60)82-42-18(48)22(55)26(15(9-51)77-42)79-45-33(88-91(68,69)70)25(58)31(37(85-45)40(63)64)83-43-19(49)28(74-11-13-6-4-3-5-7-13)27(16(10-52)78-43)80-46-34(89-92(71,72)73)24(57)30(36(86-46)39(61)62)81-41-17(47)21(54)20(53)14(8-50)76-41/h3-7,12,14-37,41-46,50-58H,8-11,47-49H2,1-2H3,(H,59,60)(H,61,62)(H,63,64)(H,65,66,67)(H,68,69,70)(H,71,72,73)/t14-,15-,16-,17-,18-,19-,20-,21-,22-,23+,24+,25+,26-,27-,28-,29+,30+,31+,32-,33-,34-,35-,36-,37-,41-,42-,43-,44-,45-,46-/m1/s1. The Morgan fingerprint density at radius 3 is 1.17 bits per heavy atom. The molecular formula is C46H71N3O40S3. The van der Waals surface area contributed by atoms with E-state index in [1.807, 2.05) is 0 Å². The van der Waals surface area contributed by atoms with Crippen molar-refractivity contribution >= 4 is 49.1 Å². The molecule has 6 saturated heterocycles. The Labute approximate surface area is 519 Å². The monoisotopic (exact) mass is 1400 g/mol. The van der Waals surface area contributed by atoms with Gasteiger partial charge in [-0.25, -0.2) is 26.9 Å². The molecule has 30 atom stereocenters. The number of carbonyl (C=O) groups is 3. The van der Waals surface area contributed by atoms with Crippen LogP contribution in [-0.2, 0) is 126 Å². The van der Waals surface area contributed by atoms with Crippen molar-refractivity contribution < 1.29 is 189 Å². The molecule has 1 aromatic rings. The van der Waals surface area contributed by atoms with E-state index in [2.05, 4.69) is 8.37 Å². The normalized spacial score (nSPS) is 42.5. The van der Waals surface area contributed by atoms with Gasteiger partial charge in [-0.05, 0) is 19.4 Å². The Morgan fingerprint density at radius 2 is 0.783 bits per heavy atom. The SMILES string of the molecule is CC(C)O[C@@H]1O[C@@H](C(=O)O)[C@@H](O[C@H]2O[C@H](CO)[C@@H](O[C@@H]3O[C@@H](C(=O)O)[C@@H](O[C@H]4O[C@H](CO)[C@@H](O[C@@H]5O[C@@H](C(=O)O)[C@@H](O[C@H]6O[C@H](CO)[C@@H](O)[C@H](O)[C@H]6N)[C@H](O)[C@H]5OS(=O)(=O)O)[C@H](OCc5ccccc5)[C@H]4N)[C@H](O)[C@H]3OS(=O)(=O)O)[C@H](O)[C@H]2N)[C@H](O)[C@H]1OS(=O)(=O)O. The maximum atomic E-state index is 13.1. The van der Waals surface area contributed by atoms with Crippen molar-refractivity contribution in [1.82, 2.24) is 0 Å². The van der Waals surface area contributed by atoms with Gasteiger partial charge >= 0.3 is 49.1 Å². The van der Waals surface area contributed by atoms with Gasteiger partial charge < -0.3 is 140 Å². The van der Waals surface area contributed by atoms with Gasteiger partial charge in [0.1, 0.15) is 91.6 Å². The quantitative estimate of drug-likeness (QED) is 0.0364. The smallest absolute Gasteiger partial charge is 0.397 e. The van der Waals surface area contributed by atoms with Crippen molar-refractivity contribution in [2.75, 3.05) is 19.8 Å². The molecule has 0 aliphatic carbocycles. The molecule has 6 heterocycles. The lowest BCUT2D eigenvalue weighted by molar-refractivity contribution is -0.377. The van der Waals surface area contributed by atoms with Crippen molar-refractivity contribution in [3.8, 4) is 0 Å². The highest BCUT2D eigenvalue weighted by Gasteiger charge is 2.61. The number of aliphatic carboxylic acids is 3. The zero-order chi connectivity index (χ0) is 68.4. The average molecular weight is 1400 g/mol. The zero-order valence-electron chi connectivity index (χ0n) is 47.5. The Kier molecular flexibility index (Phi) is 25.6. The van der Waals surface area contributed by atoms with E-state index in [9.17, 15) is 115 Å². The zero-order valence-corrected chi connectivity index (χ0v) is 49.9. The van der Waals surface area contributed by atoms with Crippen LogP contribution in [0.25, 0.3) is 0 Å². The first-order chi connectivity index (χ1) is 42.9. The van der Waals surface area contributed by atoms with E-state index in [0.29, 0.717) is 5.56 Å². The van der Waals surface area contributed by atoms with Crippen molar-refractivity contribution in [2.45, 2.75) is 211 Å². The summed E-state index contributed by atoms with van der Waals surface area (Å²) in [6.45, 7) is -1.27. The number of benzene rings is 1. The molecule has 0 radical (unpaired) electrons. The fraction of sp³-hybridized carbons (Fsp3) is 0.804. The summed E-state index contributed by atoms with van der Waals surface area (Å²) in [5.74, 6) is -6.01. The first-order valence-corrected chi connectivity index (χ1v) is 31.3. The number of hydrogen-bond donors (Lipinski definition) is 18. The molecule has 92 heavy (non-hydrogen) atoms. The van der Waals surface area contributed by atoms with Crippen LogP contribution in [0.4, 0.5) is 0 Å². The van der Waals surface area contributed by atoms with Crippen LogP contribution < -0.4 is 17.2 Å². The summed E-state index contributed by atoms with van der Waals surface area (Å²) in [7, 11) is -17.1. The maximum absolute atomic E-state index is 13.1. The van der Waals surface area contributed by atoms with E-state index in [4.69, 9.17) is 83.0 Å². The number of rotatable bonds is 27. The molecule has 6 aliphatic heterocycles. The number of aliphatic hydroxyl groups excluding tert-OH is 9. The summed E-state index contributed by atoms with van der Waals surface area (Å²) in [6, 6.07) is 1.87. The van der Waals surface area contributed by atoms with Gasteiger partial charge in [0, 0.05) is 0 Å². The molecule has 46 heteroatoms. The molecule has 0 unspecified atom stereocenters. The van der Waals surface area contributed by atoms with Crippen LogP contribution in [0.15, 0.2) is 30.3 Å². The van der Waals surface area contributed by atoms with Gasteiger partial charge in [0.25, 0.3) is 0 Å². The molecule has 7 rings (SSSR count). The van der Waals surface area contributed by atoms with Crippen molar-refractivity contribution in [2.24, 2.45) is 17.2 Å². The fourth-order valence-electron chi connectivity index (χ4n) is 10.6. The lowest BCUT2D eigenvalue weighted by atomic mass is 9.94. The van der Waals surface area contributed by atoms with E-state index in [1.165, 1.54) is 26.0 Å². The summed E-state index contributed by atoms with van der Waals surface area (Å²) >= 11 is 0. The Bertz CT molecular complexity index is 2960. The second-order valence-electron chi connectivity index (χ2n) is 21.6. The van der Waals surface area contributed by atoms with Gasteiger partial charge in [-0.15, -0.1) is 0 Å². The first-order valence-electron chi connectivity index (χ1n) is 27.2. The minimum Gasteiger partial charge on any atom is -0.479 e. The van der Waals surface area contributed by atoms with Crippen LogP contribution in [0.5, 0.6) is 0 Å². The molecule has 1 aromatic carbocycles. The van der Waals surface area contributed by atoms with E-state index in [0.717, 1.165) is 0 Å². The Balaban J connectivity index is 1.15. The van der Waals surface area contributed by atoms with Gasteiger partial charge in [0.05, 0.1) is 50.7 Å². The van der Waals surface area contributed by atoms with E-state index in [1.54, 1.807) is 18.2 Å². The van der Waals surface area contributed by atoms with Gasteiger partial charge in [-0.2, -0.15) is 25.3 Å². The van der Waals surface area contributed by atoms with Crippen molar-refractivity contribution in [3.63, 3.8) is 0 Å². The minimum absolute atomic E-state index is 0.353. The van der Waals surface area contributed by atoms with E-state index >= 15 is 0 Å². The largest absolute Gasteiger partial charge is 0.479 e. The average Bonchev–Trinajstić information content (AvgIpc) is 0.786. The predicted octanol–water partition coefficient (Wildman–Crippen LogP) is -10.8. The third-order valence-corrected chi connectivity index (χ3v) is 16.2. The number of hydrogen-bond acceptors (Lipinski definition) is 37. The molecule has 528 valence electrons. The number of ether oxygens (including phenoxy) is 13. The molecule has 6 fully saturated rings. The van der Waals surface area contributed by atoms with Gasteiger partial charge in [0.2, 0.25) is 0 Å². The topological polar surface area (TPSA) is 683 Å². The lowest BCUT2D eigenvalue weighted by Crippen LogP contribution is -2.70. The number of aliphatic hydroxyl groups is 9. The Morgan fingerprint density at radius 1 is 0.435 bits per heavy atom. The molecule has 21 N–H and O–H groups in total. The number of carboxylic acids is 3. The molecule has 0 aromatic heterocycles. The molecular weight excluding hydrogens is 1330 g/mol. The van der Waals surface area contributed by atoms with Crippen molar-refractivity contribution in [1.29, 1.82) is 0 Å². The van der Waals surface area contributed by atoms with Crippen LogP contribution in [-0.4, -0.2) is 328 Å². The summed E-state index contributed by atoms with van der Waals surface area (Å²) < 4.78 is 190. The summed E-state index contributed by atoms with van der Waals surface area (Å²) in [6.07, 6.45) is -62.7. The first kappa shape index (κ1) is 75.6. The highest BCUT2D eigenvalue weighted by Crippen LogP contribution is 2.39. The predicted molar refractivity (Wildman–Crippen MR) is 281 cm³/mol. The summed E-state index contributed by atoms with van der Waals surface area (Å²) in [5.41, 5.74) is 19.2. The number of carboxylic acid groups (broad SMARTS) is 3. The minimum atomic E-state index is -5.85. The van der Waals surface area contributed by atoms with Crippen LogP contribution in [0, 0.1) is 0 Å². The molecule has 0 amide bonds. The molecule has 0 bridgehead atoms. The second kappa shape index (κ2) is 31.2. The van der Waals surface area contributed by atoms with Gasteiger partial charge in [-0.3, -0.25) is 13.7 Å². The Hall–Kier alpha value is -3.76. The summed E-state index contributed by atoms with van der Waals surface area (Å²) in [5, 5.41) is 129. The van der Waals surface area contributed by atoms with Crippen LogP contribution in [0.2, 0.25) is 0 Å². The molecule has 0 saturated carbocycles. The second-order valence-corrected chi connectivity index (χ2v) is 24.7. The molecule has 0 spiro atoms. The fourth-order valence-corrected chi connectivity index (χ4v) is 12.0. The third-order valence-electron chi connectivity index (χ3n) is 14.8.